The lowest BCUT2D eigenvalue weighted by molar-refractivity contribution is -0.143. The van der Waals surface area contributed by atoms with E-state index in [4.69, 9.17) is 9.47 Å². The third-order valence-electron chi connectivity index (χ3n) is 4.27. The summed E-state index contributed by atoms with van der Waals surface area (Å²) < 4.78 is 48.7. The number of amides is 1. The molecule has 0 spiro atoms. The quantitative estimate of drug-likeness (QED) is 0.837. The molecule has 2 atom stereocenters. The maximum Gasteiger partial charge on any atom is 0.416 e. The summed E-state index contributed by atoms with van der Waals surface area (Å²) in [4.78, 5) is 14.1. The number of hydrogen-bond acceptors (Lipinski definition) is 3. The number of morpholine rings is 1. The van der Waals surface area contributed by atoms with Gasteiger partial charge in [-0.05, 0) is 24.1 Å². The molecule has 0 aromatic heterocycles. The van der Waals surface area contributed by atoms with Crippen molar-refractivity contribution in [1.82, 2.24) is 4.90 Å². The first-order valence-corrected chi connectivity index (χ1v) is 7.60. The van der Waals surface area contributed by atoms with Gasteiger partial charge < -0.3 is 14.4 Å². The van der Waals surface area contributed by atoms with Gasteiger partial charge in [-0.2, -0.15) is 13.2 Å². The van der Waals surface area contributed by atoms with E-state index < -0.39 is 17.8 Å². The van der Waals surface area contributed by atoms with E-state index in [-0.39, 0.29) is 11.8 Å². The van der Waals surface area contributed by atoms with E-state index in [1.807, 2.05) is 0 Å². The van der Waals surface area contributed by atoms with Gasteiger partial charge in [-0.25, -0.2) is 0 Å². The van der Waals surface area contributed by atoms with Crippen LogP contribution in [0.2, 0.25) is 0 Å². The van der Waals surface area contributed by atoms with E-state index in [9.17, 15) is 18.0 Å². The summed E-state index contributed by atoms with van der Waals surface area (Å²) >= 11 is 0. The molecule has 0 unspecified atom stereocenters. The van der Waals surface area contributed by atoms with Crippen LogP contribution in [0.1, 0.15) is 23.7 Å². The zero-order valence-electron chi connectivity index (χ0n) is 12.5. The Bertz CT molecular complexity index is 553. The predicted molar refractivity (Wildman–Crippen MR) is 75.6 cm³/mol. The predicted octanol–water partition coefficient (Wildman–Crippen LogP) is 2.64. The minimum absolute atomic E-state index is 0.0442. The van der Waals surface area contributed by atoms with Crippen LogP contribution in [0, 0.1) is 5.92 Å². The fourth-order valence-electron chi connectivity index (χ4n) is 2.93. The van der Waals surface area contributed by atoms with Gasteiger partial charge in [0.05, 0.1) is 31.2 Å². The molecular weight excluding hydrogens is 311 g/mol. The van der Waals surface area contributed by atoms with E-state index >= 15 is 0 Å². The lowest BCUT2D eigenvalue weighted by Gasteiger charge is -2.34. The van der Waals surface area contributed by atoms with Gasteiger partial charge in [0.1, 0.15) is 6.10 Å². The Balaban J connectivity index is 1.67. The zero-order valence-corrected chi connectivity index (χ0v) is 12.5. The zero-order chi connectivity index (χ0) is 16.4. The first kappa shape index (κ1) is 16.3. The summed E-state index contributed by atoms with van der Waals surface area (Å²) in [6.07, 6.45) is -4.02. The Morgan fingerprint density at radius 2 is 1.91 bits per heavy atom. The van der Waals surface area contributed by atoms with Crippen molar-refractivity contribution in [3.05, 3.63) is 35.4 Å². The molecule has 2 aliphatic heterocycles. The normalized spacial score (nSPS) is 25.6. The van der Waals surface area contributed by atoms with Gasteiger partial charge in [-0.3, -0.25) is 4.79 Å². The number of halogens is 3. The maximum absolute atomic E-state index is 12.6. The highest BCUT2D eigenvalue weighted by Crippen LogP contribution is 2.31. The van der Waals surface area contributed by atoms with E-state index in [2.05, 4.69) is 0 Å². The summed E-state index contributed by atoms with van der Waals surface area (Å²) in [7, 11) is 0. The lowest BCUT2D eigenvalue weighted by Crippen LogP contribution is -2.45. The molecule has 7 heteroatoms. The standard InChI is InChI=1S/C16H18F3NO3/c17-16(18,19)13-3-1-11(2-4-13)14-9-20(6-8-23-14)15(21)12-5-7-22-10-12/h1-4,12,14H,5-10H2/t12-,14-/m0/s1. The van der Waals surface area contributed by atoms with Crippen LogP contribution in [0.15, 0.2) is 24.3 Å². The molecule has 1 aromatic carbocycles. The molecule has 1 amide bonds. The van der Waals surface area contributed by atoms with Crippen LogP contribution in [0.3, 0.4) is 0 Å². The molecule has 2 fully saturated rings. The van der Waals surface area contributed by atoms with Crippen molar-refractivity contribution < 1.29 is 27.4 Å². The maximum atomic E-state index is 12.6. The van der Waals surface area contributed by atoms with E-state index in [0.29, 0.717) is 38.5 Å². The largest absolute Gasteiger partial charge is 0.416 e. The Labute approximate surface area is 132 Å². The van der Waals surface area contributed by atoms with E-state index in [1.165, 1.54) is 12.1 Å². The minimum atomic E-state index is -4.35. The summed E-state index contributed by atoms with van der Waals surface area (Å²) in [5.74, 6) is -0.0657. The molecule has 2 saturated heterocycles. The number of hydrogen-bond donors (Lipinski definition) is 0. The SMILES string of the molecule is O=C([C@H]1CCOC1)N1CCO[C@H](c2ccc(C(F)(F)F)cc2)C1. The Hall–Kier alpha value is -1.60. The summed E-state index contributed by atoms with van der Waals surface area (Å²) in [6, 6.07) is 4.93. The van der Waals surface area contributed by atoms with Crippen molar-refractivity contribution in [3.8, 4) is 0 Å². The summed E-state index contributed by atoms with van der Waals surface area (Å²) in [6.45, 7) is 2.29. The third-order valence-corrected chi connectivity index (χ3v) is 4.27. The highest BCUT2D eigenvalue weighted by atomic mass is 19.4. The first-order valence-electron chi connectivity index (χ1n) is 7.60. The van der Waals surface area contributed by atoms with Gasteiger partial charge in [-0.15, -0.1) is 0 Å². The monoisotopic (exact) mass is 329 g/mol. The van der Waals surface area contributed by atoms with Gasteiger partial charge in [0, 0.05) is 13.2 Å². The lowest BCUT2D eigenvalue weighted by atomic mass is 10.0. The van der Waals surface area contributed by atoms with Gasteiger partial charge in [0.2, 0.25) is 5.91 Å². The molecule has 126 valence electrons. The second-order valence-corrected chi connectivity index (χ2v) is 5.82. The van der Waals surface area contributed by atoms with Crippen LogP contribution in [-0.2, 0) is 20.4 Å². The molecule has 0 saturated carbocycles. The van der Waals surface area contributed by atoms with Crippen molar-refractivity contribution >= 4 is 5.91 Å². The molecule has 23 heavy (non-hydrogen) atoms. The molecule has 2 heterocycles. The van der Waals surface area contributed by atoms with Crippen molar-refractivity contribution in [3.63, 3.8) is 0 Å². The molecular formula is C16H18F3NO3. The van der Waals surface area contributed by atoms with Gasteiger partial charge in [0.15, 0.2) is 0 Å². The molecule has 1 aromatic rings. The molecule has 0 aliphatic carbocycles. The number of benzene rings is 1. The molecule has 3 rings (SSSR count). The molecule has 0 bridgehead atoms. The molecule has 4 nitrogen and oxygen atoms in total. The van der Waals surface area contributed by atoms with Crippen LogP contribution in [0.25, 0.3) is 0 Å². The van der Waals surface area contributed by atoms with Crippen LogP contribution < -0.4 is 0 Å². The summed E-state index contributed by atoms with van der Waals surface area (Å²) in [5, 5.41) is 0. The van der Waals surface area contributed by atoms with Gasteiger partial charge in [0.25, 0.3) is 0 Å². The van der Waals surface area contributed by atoms with E-state index in [0.717, 1.165) is 18.6 Å². The second-order valence-electron chi connectivity index (χ2n) is 5.82. The first-order chi connectivity index (χ1) is 10.9. The number of alkyl halides is 3. The smallest absolute Gasteiger partial charge is 0.381 e. The molecule has 0 radical (unpaired) electrons. The van der Waals surface area contributed by atoms with Crippen LogP contribution in [0.4, 0.5) is 13.2 Å². The molecule has 0 N–H and O–H groups in total. The average Bonchev–Trinajstić information content (AvgIpc) is 3.08. The van der Waals surface area contributed by atoms with Crippen LogP contribution >= 0.6 is 0 Å². The topological polar surface area (TPSA) is 38.8 Å². The van der Waals surface area contributed by atoms with Crippen molar-refractivity contribution in [2.24, 2.45) is 5.92 Å². The summed E-state index contributed by atoms with van der Waals surface area (Å²) in [5.41, 5.74) is -0.0359. The Morgan fingerprint density at radius 3 is 2.52 bits per heavy atom. The van der Waals surface area contributed by atoms with Crippen molar-refractivity contribution in [2.45, 2.75) is 18.7 Å². The highest BCUT2D eigenvalue weighted by molar-refractivity contribution is 5.79. The molecule has 2 aliphatic rings. The fourth-order valence-corrected chi connectivity index (χ4v) is 2.93. The number of rotatable bonds is 2. The van der Waals surface area contributed by atoms with Gasteiger partial charge >= 0.3 is 6.18 Å². The number of nitrogens with zero attached hydrogens (tertiary/aromatic N) is 1. The third kappa shape index (κ3) is 3.67. The van der Waals surface area contributed by atoms with Crippen molar-refractivity contribution in [2.75, 3.05) is 32.9 Å². The number of carbonyl (C=O) groups excluding carboxylic acids is 1. The highest BCUT2D eigenvalue weighted by Gasteiger charge is 2.33. The fraction of sp³-hybridized carbons (Fsp3) is 0.562. The van der Waals surface area contributed by atoms with Crippen LogP contribution in [-0.4, -0.2) is 43.7 Å². The number of carbonyl (C=O) groups is 1. The Morgan fingerprint density at radius 1 is 1.17 bits per heavy atom. The van der Waals surface area contributed by atoms with Crippen LogP contribution in [0.5, 0.6) is 0 Å². The number of ether oxygens (including phenoxy) is 2. The Kier molecular flexibility index (Phi) is 4.59. The van der Waals surface area contributed by atoms with Crippen molar-refractivity contribution in [1.29, 1.82) is 0 Å². The van der Waals surface area contributed by atoms with E-state index in [1.54, 1.807) is 4.90 Å². The average molecular weight is 329 g/mol. The van der Waals surface area contributed by atoms with Gasteiger partial charge in [-0.1, -0.05) is 12.1 Å². The minimum Gasteiger partial charge on any atom is -0.381 e. The second kappa shape index (κ2) is 6.49.